The Morgan fingerprint density at radius 2 is 1.31 bits per heavy atom. The zero-order chi connectivity index (χ0) is 48.3. The number of nitrogens with one attached hydrogen (secondary N) is 2. The summed E-state index contributed by atoms with van der Waals surface area (Å²) in [5.41, 5.74) is 18.2. The molecule has 0 heterocycles. The minimum atomic E-state index is -0.210. The predicted molar refractivity (Wildman–Crippen MR) is 269 cm³/mol. The highest BCUT2D eigenvalue weighted by Crippen LogP contribution is 2.69. The average Bonchev–Trinajstić information content (AvgIpc) is 3.69. The van der Waals surface area contributed by atoms with Gasteiger partial charge in [0.25, 0.3) is 0 Å². The highest BCUT2D eigenvalue weighted by Gasteiger charge is 2.66. The summed E-state index contributed by atoms with van der Waals surface area (Å²) in [5.74, 6) is 2.98. The fourth-order valence-electron chi connectivity index (χ4n) is 13.0. The summed E-state index contributed by atoms with van der Waals surface area (Å²) >= 11 is 0. The van der Waals surface area contributed by atoms with Crippen LogP contribution in [-0.4, -0.2) is 140 Å². The van der Waals surface area contributed by atoms with Crippen molar-refractivity contribution in [2.45, 2.75) is 162 Å². The number of carbonyl (C=O) groups is 2. The molecule has 14 heteroatoms. The summed E-state index contributed by atoms with van der Waals surface area (Å²) in [7, 11) is 0. The number of hydrogen-bond acceptors (Lipinski definition) is 11. The molecular weight excluding hydrogens is 849 g/mol. The molecule has 0 aliphatic heterocycles. The van der Waals surface area contributed by atoms with Gasteiger partial charge in [-0.3, -0.25) is 4.79 Å². The number of fused-ring (bicyclic) bond motifs is 5. The summed E-state index contributed by atoms with van der Waals surface area (Å²) < 4.78 is 37.4. The third kappa shape index (κ3) is 17.7. The van der Waals surface area contributed by atoms with Gasteiger partial charge in [0.1, 0.15) is 0 Å². The van der Waals surface area contributed by atoms with Gasteiger partial charge in [-0.25, -0.2) is 4.79 Å². The molecule has 0 radical (unpaired) electrons. The van der Waals surface area contributed by atoms with E-state index in [1.54, 1.807) is 0 Å². The van der Waals surface area contributed by atoms with Crippen LogP contribution in [0.15, 0.2) is 12.7 Å². The Hall–Kier alpha value is -1.88. The van der Waals surface area contributed by atoms with Crippen molar-refractivity contribution < 1.29 is 38.0 Å². The summed E-state index contributed by atoms with van der Waals surface area (Å²) in [5, 5.41) is 5.82. The first-order valence-electron chi connectivity index (χ1n) is 27.2. The maximum atomic E-state index is 13.7. The molecule has 5 unspecified atom stereocenters. The maximum Gasteiger partial charge on any atom is 0.317 e. The monoisotopic (exact) mass is 949 g/mol. The van der Waals surface area contributed by atoms with Crippen molar-refractivity contribution in [3.63, 3.8) is 0 Å². The summed E-state index contributed by atoms with van der Waals surface area (Å²) in [6.45, 7) is 22.6. The van der Waals surface area contributed by atoms with Crippen molar-refractivity contribution in [2.75, 3.05) is 105 Å². The Labute approximate surface area is 407 Å². The van der Waals surface area contributed by atoms with Crippen LogP contribution in [0.25, 0.3) is 0 Å². The molecule has 4 rings (SSSR count). The molecule has 0 bridgehead atoms. The number of hydrogen-bond donors (Lipinski definition) is 5. The lowest BCUT2D eigenvalue weighted by molar-refractivity contribution is -0.227. The van der Waals surface area contributed by atoms with E-state index in [2.05, 4.69) is 49.8 Å². The molecule has 67 heavy (non-hydrogen) atoms. The van der Waals surface area contributed by atoms with E-state index in [1.807, 2.05) is 0 Å². The Morgan fingerprint density at radius 1 is 0.701 bits per heavy atom. The number of carbonyl (C=O) groups excluding carboxylic acids is 2. The summed E-state index contributed by atoms with van der Waals surface area (Å²) in [6.07, 6.45) is 21.9. The number of rotatable bonds is 37. The first-order valence-corrected chi connectivity index (χ1v) is 27.2. The van der Waals surface area contributed by atoms with E-state index in [0.717, 1.165) is 96.9 Å². The van der Waals surface area contributed by atoms with Crippen LogP contribution in [-0.2, 0) is 33.2 Å². The molecule has 4 saturated carbocycles. The van der Waals surface area contributed by atoms with Gasteiger partial charge in [-0.05, 0) is 150 Å². The standard InChI is InChI=1S/C53H100N6O8/c1-6-8-9-10-11-12-27-59(51(61)58-26-33-63-35-37-64-36-34-62-32-25-57-49(60)7-2)28-13-17-41(3)44-18-19-45-50-46(40-48(53(44,45)5)67-31-16-24-56)52(4)21-20-43(65-29-14-22-54)38-42(52)39-47(50)66-30-15-23-55/h7,41-48,50H,2,6,8-40,54-56H2,1,3-5H3,(H,57,60)(H,58,61)/t41?,42?,43-,44?,45+,46+,47-,48+,50?,52?,53-/m1/s1. The Morgan fingerprint density at radius 3 is 1.99 bits per heavy atom. The normalized spacial score (nSPS) is 29.4. The second-order valence-electron chi connectivity index (χ2n) is 20.9. The van der Waals surface area contributed by atoms with Gasteiger partial charge in [0.2, 0.25) is 5.91 Å². The quantitative estimate of drug-likeness (QED) is 0.0312. The molecule has 11 atom stereocenters. The first-order chi connectivity index (χ1) is 32.6. The molecule has 0 spiro atoms. The van der Waals surface area contributed by atoms with E-state index >= 15 is 0 Å². The Kier molecular flexibility index (Phi) is 27.7. The van der Waals surface area contributed by atoms with Crippen molar-refractivity contribution in [2.24, 2.45) is 63.5 Å². The topological polar surface area (TPSA) is 195 Å². The molecule has 3 amide bonds. The Bertz CT molecular complexity index is 1370. The summed E-state index contributed by atoms with van der Waals surface area (Å²) in [4.78, 5) is 26.9. The van der Waals surface area contributed by atoms with Gasteiger partial charge >= 0.3 is 6.03 Å². The van der Waals surface area contributed by atoms with Crippen LogP contribution in [0.2, 0.25) is 0 Å². The van der Waals surface area contributed by atoms with Gasteiger partial charge in [0.15, 0.2) is 0 Å². The molecule has 0 aromatic heterocycles. The fraction of sp³-hybridized carbons (Fsp3) is 0.925. The van der Waals surface area contributed by atoms with E-state index in [4.69, 9.17) is 45.6 Å². The number of ether oxygens (including phenoxy) is 6. The molecule has 4 fully saturated rings. The molecule has 4 aliphatic rings. The van der Waals surface area contributed by atoms with Gasteiger partial charge in [0.05, 0.1) is 58.0 Å². The zero-order valence-electron chi connectivity index (χ0n) is 43.0. The average molecular weight is 949 g/mol. The number of amides is 3. The minimum absolute atomic E-state index is 0.00278. The van der Waals surface area contributed by atoms with E-state index in [-0.39, 0.29) is 35.0 Å². The third-order valence-electron chi connectivity index (χ3n) is 16.6. The Balaban J connectivity index is 1.35. The van der Waals surface area contributed by atoms with Crippen LogP contribution >= 0.6 is 0 Å². The fourth-order valence-corrected chi connectivity index (χ4v) is 13.0. The molecule has 14 nitrogen and oxygen atoms in total. The number of unbranched alkanes of at least 4 members (excludes halogenated alkanes) is 5. The van der Waals surface area contributed by atoms with Crippen LogP contribution in [0.4, 0.5) is 4.79 Å². The second-order valence-corrected chi connectivity index (χ2v) is 20.9. The predicted octanol–water partition coefficient (Wildman–Crippen LogP) is 7.21. The van der Waals surface area contributed by atoms with E-state index < -0.39 is 0 Å². The van der Waals surface area contributed by atoms with E-state index in [9.17, 15) is 9.59 Å². The van der Waals surface area contributed by atoms with Gasteiger partial charge in [-0.15, -0.1) is 0 Å². The largest absolute Gasteiger partial charge is 0.378 e. The lowest BCUT2D eigenvalue weighted by Crippen LogP contribution is -2.63. The third-order valence-corrected chi connectivity index (χ3v) is 16.6. The molecule has 8 N–H and O–H groups in total. The maximum absolute atomic E-state index is 13.7. The number of nitrogens with two attached hydrogens (primary N) is 3. The number of nitrogens with zero attached hydrogens (tertiary/aromatic N) is 1. The molecule has 4 aliphatic carbocycles. The minimum Gasteiger partial charge on any atom is -0.378 e. The molecule has 0 aromatic rings. The van der Waals surface area contributed by atoms with Gasteiger partial charge in [-0.1, -0.05) is 66.4 Å². The number of urea groups is 1. The van der Waals surface area contributed by atoms with Crippen LogP contribution in [0.1, 0.15) is 143 Å². The van der Waals surface area contributed by atoms with Crippen LogP contribution in [0.5, 0.6) is 0 Å². The van der Waals surface area contributed by atoms with Gasteiger partial charge in [0, 0.05) is 51.4 Å². The molecule has 390 valence electrons. The van der Waals surface area contributed by atoms with Crippen LogP contribution < -0.4 is 27.8 Å². The van der Waals surface area contributed by atoms with Crippen molar-refractivity contribution >= 4 is 11.9 Å². The highest BCUT2D eigenvalue weighted by molar-refractivity contribution is 5.86. The lowest BCUT2D eigenvalue weighted by atomic mass is 9.43. The first kappa shape index (κ1) is 57.7. The SMILES string of the molecule is C=CC(=O)NCCOCCOCCOCCNC(=O)N(CCCCCCCC)CCCC(C)C1CC[C@H]2C3[C@H](OCCCN)CC4C[C@H](OCCCN)CCC4(C)[C@H]3C[C@H](OCCCN)[C@]12C. The van der Waals surface area contributed by atoms with Crippen molar-refractivity contribution in [3.8, 4) is 0 Å². The van der Waals surface area contributed by atoms with Gasteiger partial charge in [-0.2, -0.15) is 0 Å². The van der Waals surface area contributed by atoms with Crippen molar-refractivity contribution in [1.82, 2.24) is 15.5 Å². The molecule has 0 saturated heterocycles. The zero-order valence-corrected chi connectivity index (χ0v) is 43.0. The van der Waals surface area contributed by atoms with E-state index in [0.29, 0.717) is 121 Å². The van der Waals surface area contributed by atoms with Crippen molar-refractivity contribution in [3.05, 3.63) is 12.7 Å². The van der Waals surface area contributed by atoms with Crippen LogP contribution in [0, 0.1) is 46.3 Å². The smallest absolute Gasteiger partial charge is 0.317 e. The second kappa shape index (κ2) is 32.2. The van der Waals surface area contributed by atoms with E-state index in [1.165, 1.54) is 51.0 Å². The molecular formula is C53H100N6O8. The highest BCUT2D eigenvalue weighted by atomic mass is 16.5. The van der Waals surface area contributed by atoms with Crippen LogP contribution in [0.3, 0.4) is 0 Å². The summed E-state index contributed by atoms with van der Waals surface area (Å²) in [6, 6.07) is 0.00278. The lowest BCUT2D eigenvalue weighted by Gasteiger charge is -2.65. The van der Waals surface area contributed by atoms with Crippen molar-refractivity contribution in [1.29, 1.82) is 0 Å². The molecule has 0 aromatic carbocycles. The van der Waals surface area contributed by atoms with Gasteiger partial charge < -0.3 is 61.2 Å².